The molecule has 1 saturated heterocycles. The van der Waals surface area contributed by atoms with Crippen molar-refractivity contribution in [2.45, 2.75) is 51.2 Å². The zero-order valence-corrected chi connectivity index (χ0v) is 14.8. The van der Waals surface area contributed by atoms with Crippen LogP contribution in [0.3, 0.4) is 0 Å². The molecular formula is C19H26N2O4. The Kier molecular flexibility index (Phi) is 4.99. The van der Waals surface area contributed by atoms with Crippen molar-refractivity contribution in [3.05, 3.63) is 29.8 Å². The standard InChI is InChI=1S/C19H26N2O4/c1-13-6-8-16(9-7-13)25-12-15(22)11-21-17(23)19(20-18(21)24)10-4-3-5-14(19)2/h6-9,14-15,22H,3-5,10-12H2,1-2H3,(H,20,24)/t14-,15+,19+/m0/s1. The number of imide groups is 1. The fourth-order valence-electron chi connectivity index (χ4n) is 3.75. The molecule has 1 saturated carbocycles. The van der Waals surface area contributed by atoms with E-state index < -0.39 is 17.7 Å². The third kappa shape index (κ3) is 3.49. The fourth-order valence-corrected chi connectivity index (χ4v) is 3.75. The third-order valence-electron chi connectivity index (χ3n) is 5.36. The van der Waals surface area contributed by atoms with Gasteiger partial charge in [0.15, 0.2) is 0 Å². The van der Waals surface area contributed by atoms with Gasteiger partial charge in [-0.2, -0.15) is 0 Å². The molecule has 25 heavy (non-hydrogen) atoms. The average Bonchev–Trinajstić information content (AvgIpc) is 2.82. The van der Waals surface area contributed by atoms with Gasteiger partial charge in [0.1, 0.15) is 24.0 Å². The molecule has 1 heterocycles. The van der Waals surface area contributed by atoms with Gasteiger partial charge in [-0.1, -0.05) is 37.5 Å². The van der Waals surface area contributed by atoms with E-state index in [0.717, 1.165) is 29.7 Å². The molecule has 6 nitrogen and oxygen atoms in total. The van der Waals surface area contributed by atoms with Gasteiger partial charge in [0, 0.05) is 0 Å². The van der Waals surface area contributed by atoms with Gasteiger partial charge in [0.05, 0.1) is 6.54 Å². The highest BCUT2D eigenvalue weighted by Crippen LogP contribution is 2.38. The van der Waals surface area contributed by atoms with Gasteiger partial charge in [-0.3, -0.25) is 9.69 Å². The number of ether oxygens (including phenoxy) is 1. The molecule has 2 N–H and O–H groups in total. The van der Waals surface area contributed by atoms with Gasteiger partial charge in [-0.05, 0) is 37.8 Å². The number of benzene rings is 1. The van der Waals surface area contributed by atoms with E-state index in [1.807, 2.05) is 38.1 Å². The minimum atomic E-state index is -0.926. The van der Waals surface area contributed by atoms with E-state index in [-0.39, 0.29) is 25.0 Å². The van der Waals surface area contributed by atoms with Crippen molar-refractivity contribution in [2.24, 2.45) is 5.92 Å². The fraction of sp³-hybridized carbons (Fsp3) is 0.579. The highest BCUT2D eigenvalue weighted by atomic mass is 16.5. The number of nitrogens with one attached hydrogen (secondary N) is 1. The summed E-state index contributed by atoms with van der Waals surface area (Å²) in [6.07, 6.45) is 2.69. The number of aliphatic hydroxyl groups is 1. The number of urea groups is 1. The molecule has 3 atom stereocenters. The molecule has 1 aromatic carbocycles. The molecule has 6 heteroatoms. The number of aliphatic hydroxyl groups excluding tert-OH is 1. The van der Waals surface area contributed by atoms with Gasteiger partial charge in [0.25, 0.3) is 5.91 Å². The van der Waals surface area contributed by atoms with Crippen molar-refractivity contribution in [1.29, 1.82) is 0 Å². The second-order valence-electron chi connectivity index (χ2n) is 7.24. The SMILES string of the molecule is Cc1ccc(OC[C@H](O)CN2C(=O)N[C@@]3(CCCC[C@@H]3C)C2=O)cc1. The van der Waals surface area contributed by atoms with Gasteiger partial charge >= 0.3 is 6.03 Å². The zero-order chi connectivity index (χ0) is 18.0. The monoisotopic (exact) mass is 346 g/mol. The number of amides is 3. The predicted molar refractivity (Wildman–Crippen MR) is 93.3 cm³/mol. The Balaban J connectivity index is 1.59. The quantitative estimate of drug-likeness (QED) is 0.802. The summed E-state index contributed by atoms with van der Waals surface area (Å²) in [4.78, 5) is 26.3. The number of carbonyl (C=O) groups is 2. The Labute approximate surface area is 148 Å². The van der Waals surface area contributed by atoms with Crippen LogP contribution >= 0.6 is 0 Å². The number of hydrogen-bond acceptors (Lipinski definition) is 4. The smallest absolute Gasteiger partial charge is 0.325 e. The van der Waals surface area contributed by atoms with E-state index in [4.69, 9.17) is 4.74 Å². The molecule has 1 aromatic rings. The van der Waals surface area contributed by atoms with E-state index in [1.54, 1.807) is 0 Å². The zero-order valence-electron chi connectivity index (χ0n) is 14.8. The van der Waals surface area contributed by atoms with Crippen LogP contribution in [0.15, 0.2) is 24.3 Å². The van der Waals surface area contributed by atoms with Crippen LogP contribution in [0.5, 0.6) is 5.75 Å². The number of carbonyl (C=O) groups excluding carboxylic acids is 2. The summed E-state index contributed by atoms with van der Waals surface area (Å²) in [5, 5.41) is 13.1. The van der Waals surface area contributed by atoms with E-state index in [0.29, 0.717) is 12.2 Å². The summed E-state index contributed by atoms with van der Waals surface area (Å²) in [5.74, 6) is 0.557. The molecule has 1 aliphatic carbocycles. The van der Waals surface area contributed by atoms with E-state index in [1.165, 1.54) is 0 Å². The molecule has 2 fully saturated rings. The maximum absolute atomic E-state index is 12.8. The van der Waals surface area contributed by atoms with Crippen molar-refractivity contribution in [2.75, 3.05) is 13.2 Å². The Hall–Kier alpha value is -2.08. The number of nitrogens with zero attached hydrogens (tertiary/aromatic N) is 1. The summed E-state index contributed by atoms with van der Waals surface area (Å²) >= 11 is 0. The Morgan fingerprint density at radius 3 is 2.72 bits per heavy atom. The number of hydrogen-bond donors (Lipinski definition) is 2. The van der Waals surface area contributed by atoms with Crippen molar-refractivity contribution >= 4 is 11.9 Å². The molecule has 1 spiro atoms. The molecule has 3 rings (SSSR count). The lowest BCUT2D eigenvalue weighted by Gasteiger charge is -2.36. The maximum atomic E-state index is 12.8. The normalized spacial score (nSPS) is 27.5. The Morgan fingerprint density at radius 2 is 2.04 bits per heavy atom. The highest BCUT2D eigenvalue weighted by molar-refractivity contribution is 6.07. The molecule has 136 valence electrons. The van der Waals surface area contributed by atoms with Gasteiger partial charge < -0.3 is 15.2 Å². The van der Waals surface area contributed by atoms with E-state index in [9.17, 15) is 14.7 Å². The lowest BCUT2D eigenvalue weighted by molar-refractivity contribution is -0.135. The first kappa shape index (κ1) is 17.7. The second-order valence-corrected chi connectivity index (χ2v) is 7.24. The minimum Gasteiger partial charge on any atom is -0.491 e. The average molecular weight is 346 g/mol. The number of rotatable bonds is 5. The highest BCUT2D eigenvalue weighted by Gasteiger charge is 2.54. The molecule has 1 aliphatic heterocycles. The first-order valence-corrected chi connectivity index (χ1v) is 8.94. The van der Waals surface area contributed by atoms with Crippen LogP contribution in [0.4, 0.5) is 4.79 Å². The molecule has 3 amide bonds. The summed E-state index contributed by atoms with van der Waals surface area (Å²) in [5.41, 5.74) is 0.339. The van der Waals surface area contributed by atoms with Crippen molar-refractivity contribution in [1.82, 2.24) is 10.2 Å². The molecule has 2 aliphatic rings. The lowest BCUT2D eigenvalue weighted by atomic mass is 9.73. The van der Waals surface area contributed by atoms with Gasteiger partial charge in [0.2, 0.25) is 0 Å². The first-order chi connectivity index (χ1) is 11.9. The van der Waals surface area contributed by atoms with Gasteiger partial charge in [-0.15, -0.1) is 0 Å². The summed E-state index contributed by atoms with van der Waals surface area (Å²) < 4.78 is 5.54. The van der Waals surface area contributed by atoms with Crippen LogP contribution in [0.1, 0.15) is 38.2 Å². The van der Waals surface area contributed by atoms with Crippen LogP contribution < -0.4 is 10.1 Å². The first-order valence-electron chi connectivity index (χ1n) is 8.94. The lowest BCUT2D eigenvalue weighted by Crippen LogP contribution is -2.54. The van der Waals surface area contributed by atoms with Crippen LogP contribution in [0, 0.1) is 12.8 Å². The van der Waals surface area contributed by atoms with E-state index in [2.05, 4.69) is 5.32 Å². The third-order valence-corrected chi connectivity index (χ3v) is 5.36. The summed E-state index contributed by atoms with van der Waals surface area (Å²) in [6.45, 7) is 3.98. The summed E-state index contributed by atoms with van der Waals surface area (Å²) in [6, 6.07) is 7.09. The number of β-amino-alcohol motifs (C(OH)–C–C–N with tert-alkyl or cyclic N) is 1. The molecule has 0 bridgehead atoms. The maximum Gasteiger partial charge on any atom is 0.325 e. The second kappa shape index (κ2) is 7.04. The minimum absolute atomic E-state index is 0.0304. The topological polar surface area (TPSA) is 78.9 Å². The number of aryl methyl sites for hydroxylation is 1. The van der Waals surface area contributed by atoms with Crippen LogP contribution in [0.25, 0.3) is 0 Å². The molecule has 0 radical (unpaired) electrons. The summed E-state index contributed by atoms with van der Waals surface area (Å²) in [7, 11) is 0. The van der Waals surface area contributed by atoms with Crippen LogP contribution in [-0.4, -0.2) is 46.7 Å². The largest absolute Gasteiger partial charge is 0.491 e. The van der Waals surface area contributed by atoms with Crippen molar-refractivity contribution in [3.63, 3.8) is 0 Å². The predicted octanol–water partition coefficient (Wildman–Crippen LogP) is 2.24. The van der Waals surface area contributed by atoms with Crippen molar-refractivity contribution < 1.29 is 19.4 Å². The Morgan fingerprint density at radius 1 is 1.32 bits per heavy atom. The van der Waals surface area contributed by atoms with Crippen molar-refractivity contribution in [3.8, 4) is 5.75 Å². The molecule has 0 aromatic heterocycles. The van der Waals surface area contributed by atoms with Crippen LogP contribution in [0.2, 0.25) is 0 Å². The van der Waals surface area contributed by atoms with E-state index >= 15 is 0 Å². The Bertz CT molecular complexity index is 645. The molecule has 0 unspecified atom stereocenters. The van der Waals surface area contributed by atoms with Crippen LogP contribution in [-0.2, 0) is 4.79 Å². The van der Waals surface area contributed by atoms with Gasteiger partial charge in [-0.25, -0.2) is 4.79 Å². The molecular weight excluding hydrogens is 320 g/mol.